The maximum atomic E-state index is 6.75. The van der Waals surface area contributed by atoms with E-state index in [2.05, 4.69) is 46.1 Å². The summed E-state index contributed by atoms with van der Waals surface area (Å²) >= 11 is 15.0. The van der Waals surface area contributed by atoms with Crippen LogP contribution < -0.4 is 15.4 Å². The molecule has 5 atom stereocenters. The van der Waals surface area contributed by atoms with Crippen molar-refractivity contribution in [2.45, 2.75) is 93.8 Å². The maximum Gasteiger partial charge on any atom is 0.0817 e. The number of alkyl halides is 2. The highest BCUT2D eigenvalue weighted by molar-refractivity contribution is 7.98. The first-order valence-corrected chi connectivity index (χ1v) is 16.6. The van der Waals surface area contributed by atoms with Gasteiger partial charge in [0, 0.05) is 43.1 Å². The molecule has 0 aromatic heterocycles. The van der Waals surface area contributed by atoms with Crippen molar-refractivity contribution in [1.29, 1.82) is 0 Å². The molecular formula is C28H53Cl2N5S. The van der Waals surface area contributed by atoms with E-state index in [1.807, 2.05) is 11.9 Å². The number of piperidine rings is 1. The van der Waals surface area contributed by atoms with Crippen LogP contribution in [0.15, 0.2) is 0 Å². The largest absolute Gasteiger partial charge is 0.312 e. The summed E-state index contributed by atoms with van der Waals surface area (Å²) < 4.78 is 3.66. The quantitative estimate of drug-likeness (QED) is 0.238. The molecule has 2 saturated heterocycles. The molecule has 0 amide bonds. The molecule has 0 spiro atoms. The molecule has 0 aromatic carbocycles. The van der Waals surface area contributed by atoms with E-state index in [0.717, 1.165) is 51.0 Å². The van der Waals surface area contributed by atoms with Gasteiger partial charge in [-0.25, -0.2) is 0 Å². The van der Waals surface area contributed by atoms with E-state index >= 15 is 0 Å². The predicted octanol–water partition coefficient (Wildman–Crippen LogP) is 5.19. The summed E-state index contributed by atoms with van der Waals surface area (Å²) in [6, 6.07) is 0.571. The minimum atomic E-state index is 0.323. The number of hydrogen-bond acceptors (Lipinski definition) is 6. The van der Waals surface area contributed by atoms with Crippen molar-refractivity contribution >= 4 is 35.1 Å². The second-order valence-electron chi connectivity index (χ2n) is 12.8. The molecule has 2 heterocycles. The minimum absolute atomic E-state index is 0.323. The van der Waals surface area contributed by atoms with Gasteiger partial charge < -0.3 is 10.2 Å². The molecule has 4 rings (SSSR count). The van der Waals surface area contributed by atoms with Gasteiger partial charge in [-0.15, -0.1) is 23.2 Å². The standard InChI is InChI=1S/C28H53Cl2N5S/c1-20(2)27(17-35-10-8-24(9-11-35)23-4-6-25(29)7-5-23)31-15-21-12-22(14-26(30)13-21)16-33-36-28-18-34(3)19-32-28/h20-28,31-33H,4-19H2,1-3H3/t21?,22?,23?,25?,26?,27-,28?/m0/s1. The van der Waals surface area contributed by atoms with Gasteiger partial charge >= 0.3 is 0 Å². The number of likely N-dealkylation sites (tertiary alicyclic amines) is 1. The molecule has 3 N–H and O–H groups in total. The zero-order valence-corrected chi connectivity index (χ0v) is 25.4. The Morgan fingerprint density at radius 1 is 0.889 bits per heavy atom. The van der Waals surface area contributed by atoms with Gasteiger partial charge in [-0.2, -0.15) is 0 Å². The van der Waals surface area contributed by atoms with Crippen LogP contribution >= 0.6 is 35.1 Å². The van der Waals surface area contributed by atoms with Gasteiger partial charge in [-0.3, -0.25) is 14.9 Å². The third-order valence-electron chi connectivity index (χ3n) is 9.44. The fraction of sp³-hybridized carbons (Fsp3) is 1.00. The van der Waals surface area contributed by atoms with Crippen molar-refractivity contribution in [3.8, 4) is 0 Å². The molecule has 210 valence electrons. The van der Waals surface area contributed by atoms with Gasteiger partial charge in [0.05, 0.1) is 5.37 Å². The molecule has 5 nitrogen and oxygen atoms in total. The van der Waals surface area contributed by atoms with Gasteiger partial charge in [0.2, 0.25) is 0 Å². The Morgan fingerprint density at radius 2 is 1.56 bits per heavy atom. The Labute approximate surface area is 236 Å². The highest BCUT2D eigenvalue weighted by atomic mass is 35.5. The molecule has 4 aliphatic rings. The van der Waals surface area contributed by atoms with Crippen LogP contribution in [0.4, 0.5) is 0 Å². The average Bonchev–Trinajstić information content (AvgIpc) is 3.27. The first kappa shape index (κ1) is 29.7. The first-order chi connectivity index (χ1) is 17.4. The number of rotatable bonds is 11. The maximum absolute atomic E-state index is 6.75. The molecular weight excluding hydrogens is 509 g/mol. The third-order valence-corrected chi connectivity index (χ3v) is 11.2. The Balaban J connectivity index is 1.15. The fourth-order valence-corrected chi connectivity index (χ4v) is 8.87. The van der Waals surface area contributed by atoms with E-state index in [9.17, 15) is 0 Å². The summed E-state index contributed by atoms with van der Waals surface area (Å²) in [6.45, 7) is 12.8. The number of nitrogens with zero attached hydrogens (tertiary/aromatic N) is 2. The summed E-state index contributed by atoms with van der Waals surface area (Å²) in [4.78, 5) is 5.07. The molecule has 0 radical (unpaired) electrons. The molecule has 4 unspecified atom stereocenters. The van der Waals surface area contributed by atoms with Gasteiger partial charge in [-0.05, 0) is 114 Å². The molecule has 2 aliphatic heterocycles. The second-order valence-corrected chi connectivity index (χ2v) is 15.1. The van der Waals surface area contributed by atoms with Crippen molar-refractivity contribution in [2.75, 3.05) is 53.0 Å². The lowest BCUT2D eigenvalue weighted by molar-refractivity contribution is 0.112. The number of hydrogen-bond donors (Lipinski definition) is 3. The van der Waals surface area contributed by atoms with E-state index < -0.39 is 0 Å². The van der Waals surface area contributed by atoms with Crippen LogP contribution in [-0.2, 0) is 0 Å². The highest BCUT2D eigenvalue weighted by Gasteiger charge is 2.32. The summed E-state index contributed by atoms with van der Waals surface area (Å²) in [7, 11) is 2.17. The predicted molar refractivity (Wildman–Crippen MR) is 158 cm³/mol. The van der Waals surface area contributed by atoms with Gasteiger partial charge in [0.25, 0.3) is 0 Å². The van der Waals surface area contributed by atoms with Crippen LogP contribution in [0.25, 0.3) is 0 Å². The molecule has 36 heavy (non-hydrogen) atoms. The lowest BCUT2D eigenvalue weighted by Crippen LogP contribution is -2.49. The normalized spacial score (nSPS) is 36.5. The van der Waals surface area contributed by atoms with Crippen molar-refractivity contribution in [3.63, 3.8) is 0 Å². The van der Waals surface area contributed by atoms with E-state index in [0.29, 0.717) is 39.9 Å². The zero-order chi connectivity index (χ0) is 25.5. The zero-order valence-electron chi connectivity index (χ0n) is 23.1. The molecule has 0 bridgehead atoms. The summed E-state index contributed by atoms with van der Waals surface area (Å²) in [5, 5.41) is 8.81. The van der Waals surface area contributed by atoms with Crippen molar-refractivity contribution in [3.05, 3.63) is 0 Å². The Hall–Kier alpha value is 0.730. The monoisotopic (exact) mass is 561 g/mol. The third kappa shape index (κ3) is 9.43. The molecule has 8 heteroatoms. The summed E-state index contributed by atoms with van der Waals surface area (Å²) in [6.07, 6.45) is 11.6. The smallest absolute Gasteiger partial charge is 0.0817 e. The number of halogens is 2. The topological polar surface area (TPSA) is 42.6 Å². The fourth-order valence-electron chi connectivity index (χ4n) is 7.10. The molecule has 0 aromatic rings. The van der Waals surface area contributed by atoms with Crippen LogP contribution in [0, 0.1) is 29.6 Å². The number of nitrogens with one attached hydrogen (secondary N) is 3. The van der Waals surface area contributed by atoms with E-state index in [-0.39, 0.29) is 0 Å². The van der Waals surface area contributed by atoms with E-state index in [1.165, 1.54) is 64.6 Å². The van der Waals surface area contributed by atoms with Crippen molar-refractivity contribution in [1.82, 2.24) is 25.2 Å². The van der Waals surface area contributed by atoms with Gasteiger partial charge in [-0.1, -0.05) is 25.8 Å². The molecule has 2 saturated carbocycles. The second kappa shape index (κ2) is 14.9. The van der Waals surface area contributed by atoms with Crippen LogP contribution in [0.5, 0.6) is 0 Å². The molecule has 4 fully saturated rings. The van der Waals surface area contributed by atoms with Crippen LogP contribution in [0.3, 0.4) is 0 Å². The molecule has 2 aliphatic carbocycles. The first-order valence-electron chi connectivity index (χ1n) is 14.9. The summed E-state index contributed by atoms with van der Waals surface area (Å²) in [5.41, 5.74) is 0. The van der Waals surface area contributed by atoms with Gasteiger partial charge in [0.1, 0.15) is 0 Å². The summed E-state index contributed by atoms with van der Waals surface area (Å²) in [5.74, 6) is 3.91. The lowest BCUT2D eigenvalue weighted by atomic mass is 9.75. The Kier molecular flexibility index (Phi) is 12.3. The SMILES string of the molecule is CC(C)[C@H](CN1CCC(C2CCC(Cl)CC2)CC1)NCC1CC(Cl)CC(CNSC2CN(C)CN2)C1. The Morgan fingerprint density at radius 3 is 2.19 bits per heavy atom. The van der Waals surface area contributed by atoms with Crippen molar-refractivity contribution < 1.29 is 0 Å². The van der Waals surface area contributed by atoms with Crippen LogP contribution in [0.1, 0.15) is 71.6 Å². The van der Waals surface area contributed by atoms with E-state index in [1.54, 1.807) is 0 Å². The van der Waals surface area contributed by atoms with Gasteiger partial charge in [0.15, 0.2) is 0 Å². The lowest BCUT2D eigenvalue weighted by Gasteiger charge is -2.40. The van der Waals surface area contributed by atoms with E-state index in [4.69, 9.17) is 23.2 Å². The van der Waals surface area contributed by atoms with Crippen molar-refractivity contribution in [2.24, 2.45) is 29.6 Å². The minimum Gasteiger partial charge on any atom is -0.312 e. The number of likely N-dealkylation sites (N-methyl/N-ethyl adjacent to an activating group) is 1. The highest BCUT2D eigenvalue weighted by Crippen LogP contribution is 2.37. The van der Waals surface area contributed by atoms with Crippen LogP contribution in [0.2, 0.25) is 0 Å². The van der Waals surface area contributed by atoms with Crippen LogP contribution in [-0.4, -0.2) is 85.0 Å². The average molecular weight is 563 g/mol. The Bertz CT molecular complexity index is 627.